The lowest BCUT2D eigenvalue weighted by molar-refractivity contribution is -0.143. The standard InChI is InChI=1S/C20H30N6O5S2/c1-4-25(5-2)33(29,30)16-10-7-9-15(13-16)19-23-24-20(26(19)21)32-14-17(27)22-12-8-11-18(28)31-6-3/h7,9-10,13H,4-6,8,11-12,14,21H2,1-3H3,(H,22,27). The van der Waals surface area contributed by atoms with Crippen molar-refractivity contribution < 1.29 is 22.7 Å². The molecule has 0 saturated carbocycles. The molecule has 0 bridgehead atoms. The monoisotopic (exact) mass is 498 g/mol. The number of aromatic nitrogens is 3. The number of nitrogen functional groups attached to an aromatic ring is 1. The number of sulfonamides is 1. The summed E-state index contributed by atoms with van der Waals surface area (Å²) in [5.41, 5.74) is 0.494. The summed E-state index contributed by atoms with van der Waals surface area (Å²) in [6.45, 7) is 6.71. The molecule has 13 heteroatoms. The Balaban J connectivity index is 2.00. The molecule has 2 rings (SSSR count). The van der Waals surface area contributed by atoms with Gasteiger partial charge in [0.1, 0.15) is 0 Å². The minimum absolute atomic E-state index is 0.0606. The normalized spacial score (nSPS) is 11.5. The molecular weight excluding hydrogens is 468 g/mol. The maximum Gasteiger partial charge on any atom is 0.305 e. The van der Waals surface area contributed by atoms with Gasteiger partial charge in [0.15, 0.2) is 5.82 Å². The molecule has 0 fully saturated rings. The van der Waals surface area contributed by atoms with Gasteiger partial charge in [0, 0.05) is 31.6 Å². The number of nitrogens with one attached hydrogen (secondary N) is 1. The van der Waals surface area contributed by atoms with Crippen LogP contribution in [0.3, 0.4) is 0 Å². The predicted molar refractivity (Wildman–Crippen MR) is 125 cm³/mol. The van der Waals surface area contributed by atoms with Gasteiger partial charge in [-0.1, -0.05) is 37.7 Å². The van der Waals surface area contributed by atoms with Crippen molar-refractivity contribution in [3.05, 3.63) is 24.3 Å². The molecule has 0 spiro atoms. The highest BCUT2D eigenvalue weighted by molar-refractivity contribution is 7.99. The Kier molecular flexibility index (Phi) is 10.1. The lowest BCUT2D eigenvalue weighted by Crippen LogP contribution is -2.30. The molecule has 1 heterocycles. The zero-order valence-corrected chi connectivity index (χ0v) is 20.6. The van der Waals surface area contributed by atoms with E-state index < -0.39 is 10.0 Å². The van der Waals surface area contributed by atoms with Crippen LogP contribution >= 0.6 is 11.8 Å². The second-order valence-corrected chi connectivity index (χ2v) is 9.72. The first-order valence-electron chi connectivity index (χ1n) is 10.6. The molecule has 2 aromatic rings. The third-order valence-electron chi connectivity index (χ3n) is 4.62. The van der Waals surface area contributed by atoms with Crippen molar-refractivity contribution in [2.24, 2.45) is 0 Å². The smallest absolute Gasteiger partial charge is 0.305 e. The van der Waals surface area contributed by atoms with E-state index in [0.29, 0.717) is 43.4 Å². The second-order valence-electron chi connectivity index (χ2n) is 6.84. The third kappa shape index (κ3) is 7.17. The lowest BCUT2D eigenvalue weighted by Gasteiger charge is -2.18. The molecule has 0 radical (unpaired) electrons. The highest BCUT2D eigenvalue weighted by Crippen LogP contribution is 2.25. The van der Waals surface area contributed by atoms with Crippen LogP contribution in [0.15, 0.2) is 34.3 Å². The van der Waals surface area contributed by atoms with Gasteiger partial charge in [0.25, 0.3) is 0 Å². The van der Waals surface area contributed by atoms with Crippen LogP contribution in [0, 0.1) is 0 Å². The van der Waals surface area contributed by atoms with Gasteiger partial charge in [-0.3, -0.25) is 9.59 Å². The topological polar surface area (TPSA) is 150 Å². The molecule has 0 atom stereocenters. The molecular formula is C20H30N6O5S2. The van der Waals surface area contributed by atoms with Gasteiger partial charge in [-0.05, 0) is 25.5 Å². The molecule has 3 N–H and O–H groups in total. The Bertz CT molecular complexity index is 1050. The lowest BCUT2D eigenvalue weighted by atomic mass is 10.2. The maximum atomic E-state index is 12.8. The molecule has 1 aromatic heterocycles. The number of hydrogen-bond donors (Lipinski definition) is 2. The predicted octanol–water partition coefficient (Wildman–Crippen LogP) is 1.24. The van der Waals surface area contributed by atoms with E-state index >= 15 is 0 Å². The van der Waals surface area contributed by atoms with Crippen LogP contribution in [0.25, 0.3) is 11.4 Å². The van der Waals surface area contributed by atoms with Crippen molar-refractivity contribution in [3.63, 3.8) is 0 Å². The number of rotatable bonds is 13. The first-order chi connectivity index (χ1) is 15.7. The number of carbonyl (C=O) groups is 2. The van der Waals surface area contributed by atoms with E-state index in [1.807, 2.05) is 0 Å². The fraction of sp³-hybridized carbons (Fsp3) is 0.500. The summed E-state index contributed by atoms with van der Waals surface area (Å²) in [5, 5.41) is 11.1. The summed E-state index contributed by atoms with van der Waals surface area (Å²) < 4.78 is 33.0. The molecule has 33 heavy (non-hydrogen) atoms. The van der Waals surface area contributed by atoms with Gasteiger partial charge in [0.2, 0.25) is 21.1 Å². The molecule has 0 unspecified atom stereocenters. The van der Waals surface area contributed by atoms with Gasteiger partial charge >= 0.3 is 5.97 Å². The average molecular weight is 499 g/mol. The van der Waals surface area contributed by atoms with Crippen molar-refractivity contribution in [1.29, 1.82) is 0 Å². The van der Waals surface area contributed by atoms with Crippen molar-refractivity contribution in [1.82, 2.24) is 24.5 Å². The van der Waals surface area contributed by atoms with E-state index in [2.05, 4.69) is 15.5 Å². The van der Waals surface area contributed by atoms with Gasteiger partial charge in [0.05, 0.1) is 17.3 Å². The molecule has 1 amide bonds. The summed E-state index contributed by atoms with van der Waals surface area (Å²) in [7, 11) is -3.63. The molecule has 182 valence electrons. The number of hydrogen-bond acceptors (Lipinski definition) is 9. The number of amides is 1. The first-order valence-corrected chi connectivity index (χ1v) is 13.0. The van der Waals surface area contributed by atoms with Gasteiger partial charge in [-0.25, -0.2) is 13.1 Å². The van der Waals surface area contributed by atoms with Crippen molar-refractivity contribution >= 4 is 33.7 Å². The first kappa shape index (κ1) is 26.6. The Morgan fingerprint density at radius 3 is 2.61 bits per heavy atom. The Hall–Kier alpha value is -2.64. The van der Waals surface area contributed by atoms with E-state index in [1.165, 1.54) is 21.1 Å². The number of thioether (sulfide) groups is 1. The minimum Gasteiger partial charge on any atom is -0.466 e. The summed E-state index contributed by atoms with van der Waals surface area (Å²) in [6, 6.07) is 6.35. The SMILES string of the molecule is CCOC(=O)CCCNC(=O)CSc1nnc(-c2cccc(S(=O)(=O)N(CC)CC)c2)n1N. The van der Waals surface area contributed by atoms with Crippen LogP contribution in [0.1, 0.15) is 33.6 Å². The van der Waals surface area contributed by atoms with E-state index in [1.54, 1.807) is 32.9 Å². The molecule has 0 aliphatic carbocycles. The molecule has 11 nitrogen and oxygen atoms in total. The van der Waals surface area contributed by atoms with E-state index in [4.69, 9.17) is 10.6 Å². The van der Waals surface area contributed by atoms with Gasteiger partial charge in [-0.15, -0.1) is 10.2 Å². The average Bonchev–Trinajstić information content (AvgIpc) is 3.16. The number of esters is 1. The quantitative estimate of drug-likeness (QED) is 0.180. The Morgan fingerprint density at radius 2 is 1.94 bits per heavy atom. The highest BCUT2D eigenvalue weighted by Gasteiger charge is 2.23. The second kappa shape index (κ2) is 12.6. The Labute approximate surface area is 198 Å². The largest absolute Gasteiger partial charge is 0.466 e. The Morgan fingerprint density at radius 1 is 1.21 bits per heavy atom. The van der Waals surface area contributed by atoms with Crippen LogP contribution in [-0.2, 0) is 24.3 Å². The van der Waals surface area contributed by atoms with E-state index in [9.17, 15) is 18.0 Å². The third-order valence-corrected chi connectivity index (χ3v) is 7.61. The molecule has 0 aliphatic rings. The van der Waals surface area contributed by atoms with Crippen molar-refractivity contribution in [3.8, 4) is 11.4 Å². The number of benzene rings is 1. The van der Waals surface area contributed by atoms with Crippen LogP contribution in [0.2, 0.25) is 0 Å². The van der Waals surface area contributed by atoms with E-state index in [-0.39, 0.29) is 34.8 Å². The zero-order chi connectivity index (χ0) is 24.4. The van der Waals surface area contributed by atoms with Crippen LogP contribution in [0.5, 0.6) is 0 Å². The molecule has 0 aliphatic heterocycles. The van der Waals surface area contributed by atoms with Gasteiger partial charge < -0.3 is 15.9 Å². The van der Waals surface area contributed by atoms with Crippen molar-refractivity contribution in [2.75, 3.05) is 37.8 Å². The summed E-state index contributed by atoms with van der Waals surface area (Å²) in [5.74, 6) is 5.92. The van der Waals surface area contributed by atoms with Crippen molar-refractivity contribution in [2.45, 2.75) is 43.7 Å². The van der Waals surface area contributed by atoms with Crippen LogP contribution in [-0.4, -0.2) is 71.5 Å². The summed E-state index contributed by atoms with van der Waals surface area (Å²) >= 11 is 1.10. The molecule has 0 saturated heterocycles. The number of nitrogens with zero attached hydrogens (tertiary/aromatic N) is 4. The number of carbonyl (C=O) groups excluding carboxylic acids is 2. The zero-order valence-electron chi connectivity index (χ0n) is 19.0. The van der Waals surface area contributed by atoms with Crippen LogP contribution in [0.4, 0.5) is 0 Å². The maximum absolute atomic E-state index is 12.8. The fourth-order valence-electron chi connectivity index (χ4n) is 2.96. The fourth-order valence-corrected chi connectivity index (χ4v) is 5.15. The summed E-state index contributed by atoms with van der Waals surface area (Å²) in [6.07, 6.45) is 0.726. The summed E-state index contributed by atoms with van der Waals surface area (Å²) in [4.78, 5) is 23.5. The minimum atomic E-state index is -3.63. The van der Waals surface area contributed by atoms with E-state index in [0.717, 1.165) is 11.8 Å². The molecule has 1 aromatic carbocycles. The number of ether oxygens (including phenoxy) is 1. The van der Waals surface area contributed by atoms with Crippen LogP contribution < -0.4 is 11.2 Å². The number of nitrogens with two attached hydrogens (primary N) is 1. The van der Waals surface area contributed by atoms with Gasteiger partial charge in [-0.2, -0.15) is 4.31 Å². The highest BCUT2D eigenvalue weighted by atomic mass is 32.2.